The summed E-state index contributed by atoms with van der Waals surface area (Å²) in [7, 11) is 0. The second-order valence-electron chi connectivity index (χ2n) is 6.93. The Morgan fingerprint density at radius 3 is 2.44 bits per heavy atom. The minimum atomic E-state index is 0.848. The highest BCUT2D eigenvalue weighted by Gasteiger charge is 2.33. The van der Waals surface area contributed by atoms with E-state index in [0.29, 0.717) is 0 Å². The third-order valence-corrected chi connectivity index (χ3v) is 5.27. The van der Waals surface area contributed by atoms with Gasteiger partial charge in [0.05, 0.1) is 6.54 Å². The van der Waals surface area contributed by atoms with Crippen molar-refractivity contribution in [1.82, 2.24) is 15.3 Å². The van der Waals surface area contributed by atoms with Gasteiger partial charge in [0.15, 0.2) is 11.6 Å². The lowest BCUT2D eigenvalue weighted by Gasteiger charge is -2.28. The van der Waals surface area contributed by atoms with Gasteiger partial charge in [-0.25, -0.2) is 0 Å². The van der Waals surface area contributed by atoms with Gasteiger partial charge >= 0.3 is 0 Å². The van der Waals surface area contributed by atoms with Crippen molar-refractivity contribution in [2.75, 3.05) is 59.1 Å². The largest absolute Gasteiger partial charge is 0.358 e. The number of aromatic nitrogens is 2. The zero-order chi connectivity index (χ0) is 16.6. The number of hydrogen-bond acceptors (Lipinski definition) is 6. The first-order valence-electron chi connectivity index (χ1n) is 9.32. The number of hydrogen-bond donors (Lipinski definition) is 1. The summed E-state index contributed by atoms with van der Waals surface area (Å²) in [5.74, 6) is 2.24. The Hall–Kier alpha value is -2.57. The van der Waals surface area contributed by atoms with Crippen LogP contribution in [0.5, 0.6) is 0 Å². The first-order chi connectivity index (χ1) is 12.4. The van der Waals surface area contributed by atoms with Gasteiger partial charge in [0.1, 0.15) is 5.69 Å². The van der Waals surface area contributed by atoms with E-state index in [2.05, 4.69) is 60.5 Å². The molecule has 4 aliphatic heterocycles. The maximum atomic E-state index is 5.08. The Morgan fingerprint density at radius 2 is 1.76 bits per heavy atom. The summed E-state index contributed by atoms with van der Waals surface area (Å²) in [6.45, 7) is 5.93. The number of anilines is 3. The molecule has 25 heavy (non-hydrogen) atoms. The van der Waals surface area contributed by atoms with E-state index in [4.69, 9.17) is 5.10 Å². The highest BCUT2D eigenvalue weighted by Crippen LogP contribution is 2.41. The van der Waals surface area contributed by atoms with Crippen molar-refractivity contribution in [1.29, 1.82) is 0 Å². The number of nitrogens with zero attached hydrogens (tertiary/aromatic N) is 6. The average Bonchev–Trinajstić information content (AvgIpc) is 3.48. The molecule has 0 unspecified atom stereocenters. The maximum absolute atomic E-state index is 5.08. The van der Waals surface area contributed by atoms with Gasteiger partial charge < -0.3 is 15.2 Å². The monoisotopic (exact) mass is 339 g/mol. The smallest absolute Gasteiger partial charge is 0.197 e. The van der Waals surface area contributed by atoms with Gasteiger partial charge in [-0.1, -0.05) is 18.2 Å². The maximum Gasteiger partial charge on any atom is 0.197 e. The van der Waals surface area contributed by atoms with Crippen molar-refractivity contribution in [2.45, 2.75) is 19.3 Å². The van der Waals surface area contributed by atoms with Crippen LogP contribution >= 0.6 is 0 Å². The van der Waals surface area contributed by atoms with Gasteiger partial charge in [-0.15, -0.1) is 5.10 Å². The molecule has 0 atom stereocenters. The summed E-state index contributed by atoms with van der Waals surface area (Å²) in [4.78, 5) is 6.97. The molecule has 5 heterocycles. The second kappa shape index (κ2) is 6.06. The van der Waals surface area contributed by atoms with Crippen LogP contribution in [0.15, 0.2) is 36.7 Å². The third kappa shape index (κ3) is 2.45. The van der Waals surface area contributed by atoms with E-state index in [1.807, 2.05) is 6.20 Å². The lowest BCUT2D eigenvalue weighted by molar-refractivity contribution is 0.583. The summed E-state index contributed by atoms with van der Waals surface area (Å²) in [5.41, 5.74) is 4.57. The lowest BCUT2D eigenvalue weighted by Crippen LogP contribution is -2.36. The van der Waals surface area contributed by atoms with E-state index in [0.717, 1.165) is 51.5 Å². The van der Waals surface area contributed by atoms with E-state index in [1.54, 1.807) is 0 Å². The van der Waals surface area contributed by atoms with Gasteiger partial charge in [0, 0.05) is 45.1 Å². The molecule has 7 nitrogen and oxygen atoms in total. The molecule has 1 fully saturated rings. The molecule has 5 rings (SSSR count). The molecule has 0 bridgehead atoms. The Morgan fingerprint density at radius 1 is 0.920 bits per heavy atom. The van der Waals surface area contributed by atoms with E-state index in [1.165, 1.54) is 24.3 Å². The predicted octanol–water partition coefficient (Wildman–Crippen LogP) is 1.55. The summed E-state index contributed by atoms with van der Waals surface area (Å²) in [5, 5.41) is 9.62. The zero-order valence-corrected chi connectivity index (χ0v) is 14.5. The summed E-state index contributed by atoms with van der Waals surface area (Å²) >= 11 is 0. The fraction of sp³-hybridized carbons (Fsp3) is 0.500. The van der Waals surface area contributed by atoms with E-state index >= 15 is 0 Å². The highest BCUT2D eigenvalue weighted by atomic mass is 15.7. The predicted molar refractivity (Wildman–Crippen MR) is 101 cm³/mol. The Bertz CT molecular complexity index is 710. The van der Waals surface area contributed by atoms with Crippen molar-refractivity contribution in [2.24, 2.45) is 0 Å². The Kier molecular flexibility index (Phi) is 3.57. The standard InChI is InChI=1S/C18H25N7/c1-2-10-21(9-1)16-17(24-15-7-8-19-24)20-25(23-13-5-6-14-23)18(16)22-11-3-4-12-22/h1-3,7-8,11,19H,4-6,9-10,12-15H2. The molecular formula is C18H25N7. The second-order valence-corrected chi connectivity index (χ2v) is 6.93. The molecule has 4 aliphatic rings. The van der Waals surface area contributed by atoms with Crippen molar-refractivity contribution in [3.05, 3.63) is 36.7 Å². The van der Waals surface area contributed by atoms with Crippen molar-refractivity contribution < 1.29 is 0 Å². The molecule has 1 N–H and O–H groups in total. The lowest BCUT2D eigenvalue weighted by atomic mass is 10.3. The van der Waals surface area contributed by atoms with Crippen LogP contribution in [0.4, 0.5) is 17.3 Å². The minimum absolute atomic E-state index is 0.848. The zero-order valence-electron chi connectivity index (χ0n) is 14.5. The molecule has 1 saturated heterocycles. The van der Waals surface area contributed by atoms with Crippen LogP contribution < -0.4 is 25.2 Å². The van der Waals surface area contributed by atoms with E-state index in [-0.39, 0.29) is 0 Å². The normalized spacial score (nSPS) is 22.1. The van der Waals surface area contributed by atoms with Gasteiger partial charge in [0.2, 0.25) is 0 Å². The van der Waals surface area contributed by atoms with Crippen molar-refractivity contribution >= 4 is 17.3 Å². The molecule has 1 aromatic rings. The van der Waals surface area contributed by atoms with Gasteiger partial charge in [-0.05, 0) is 25.3 Å². The van der Waals surface area contributed by atoms with Gasteiger partial charge in [-0.2, -0.15) is 4.79 Å². The molecule has 0 aromatic carbocycles. The average molecular weight is 339 g/mol. The summed E-state index contributed by atoms with van der Waals surface area (Å²) in [6.07, 6.45) is 16.7. The van der Waals surface area contributed by atoms with Crippen LogP contribution in [0.3, 0.4) is 0 Å². The van der Waals surface area contributed by atoms with Crippen LogP contribution in [0.1, 0.15) is 19.3 Å². The number of rotatable bonds is 4. The third-order valence-electron chi connectivity index (χ3n) is 5.27. The van der Waals surface area contributed by atoms with Crippen LogP contribution in [-0.2, 0) is 0 Å². The minimum Gasteiger partial charge on any atom is -0.358 e. The number of hydrazine groups is 1. The molecular weight excluding hydrogens is 314 g/mol. The topological polar surface area (TPSA) is 42.8 Å². The molecule has 0 saturated carbocycles. The van der Waals surface area contributed by atoms with Gasteiger partial charge in [-0.3, -0.25) is 10.0 Å². The summed E-state index contributed by atoms with van der Waals surface area (Å²) in [6, 6.07) is 0. The van der Waals surface area contributed by atoms with Crippen LogP contribution in [0.25, 0.3) is 0 Å². The van der Waals surface area contributed by atoms with Crippen LogP contribution in [-0.4, -0.2) is 49.2 Å². The molecule has 0 spiro atoms. The molecule has 7 heteroatoms. The van der Waals surface area contributed by atoms with Crippen LogP contribution in [0, 0.1) is 0 Å². The first kappa shape index (κ1) is 14.7. The molecule has 132 valence electrons. The van der Waals surface area contributed by atoms with E-state index < -0.39 is 0 Å². The Labute approximate surface area is 148 Å². The van der Waals surface area contributed by atoms with Crippen molar-refractivity contribution in [3.63, 3.8) is 0 Å². The van der Waals surface area contributed by atoms with Gasteiger partial charge in [0.25, 0.3) is 0 Å². The van der Waals surface area contributed by atoms with E-state index in [9.17, 15) is 0 Å². The SMILES string of the molecule is C1=CN(c2c(N3CC=CC3)c(N3CC=CN3)nn2N2CCCC2)CC1. The van der Waals surface area contributed by atoms with Crippen LogP contribution in [0.2, 0.25) is 0 Å². The molecule has 0 aliphatic carbocycles. The molecule has 1 aromatic heterocycles. The molecule has 0 amide bonds. The van der Waals surface area contributed by atoms with Crippen molar-refractivity contribution in [3.8, 4) is 0 Å². The fourth-order valence-corrected chi connectivity index (χ4v) is 4.01. The fourth-order valence-electron chi connectivity index (χ4n) is 4.01. The Balaban J connectivity index is 1.64. The summed E-state index contributed by atoms with van der Waals surface area (Å²) < 4.78 is 0. The first-order valence-corrected chi connectivity index (χ1v) is 9.32. The highest BCUT2D eigenvalue weighted by molar-refractivity contribution is 5.83. The molecule has 0 radical (unpaired) electrons. The quantitative estimate of drug-likeness (QED) is 0.840. The number of nitrogens with one attached hydrogen (secondary N) is 1.